The summed E-state index contributed by atoms with van der Waals surface area (Å²) in [6, 6.07) is 61.0. The van der Waals surface area contributed by atoms with Crippen LogP contribution in [0.25, 0.3) is 88.0 Å². The van der Waals surface area contributed by atoms with Crippen LogP contribution in [0.5, 0.6) is 63.4 Å². The van der Waals surface area contributed by atoms with Crippen molar-refractivity contribution in [3.05, 3.63) is 314 Å². The summed E-state index contributed by atoms with van der Waals surface area (Å²) in [6.45, 7) is 5.01. The van der Waals surface area contributed by atoms with Crippen molar-refractivity contribution >= 4 is 90.5 Å². The molecule has 0 amide bonds. The molecule has 0 aliphatic carbocycles. The summed E-state index contributed by atoms with van der Waals surface area (Å²) in [5, 5.41) is 18.7. The Hall–Kier alpha value is -11.3. The van der Waals surface area contributed by atoms with Crippen LogP contribution in [0.15, 0.2) is 253 Å². The molecule has 2 aromatic heterocycles. The molecular formula is C90H57Cl4F8N2O6S. The number of para-hydroxylation sites is 1. The fraction of sp³-hybridized carbons (Fsp3) is 0.0889. The van der Waals surface area contributed by atoms with E-state index in [4.69, 9.17) is 80.1 Å². The number of aromatic nitrogens is 2. The second-order valence-corrected chi connectivity index (χ2v) is 28.6. The highest BCUT2D eigenvalue weighted by molar-refractivity contribution is 7.99. The second-order valence-electron chi connectivity index (χ2n) is 25.9. The summed E-state index contributed by atoms with van der Waals surface area (Å²) in [7, 11) is 0. The standard InChI is InChI=1S/C90H57Cl4F8N2O6S/c1-4-5-8-24-51-47-64(50-22-9-6-10-23-50)83(58-28-14-13-27-57(51)58)110-86-71(63-33-21-46-104-89(63)111-56-43-39-53(92)40-44-56)81(105)72-69(61-31-17-18-34-65(61)90(100,101)102)85(108-67-36-19-35-66(93)48(67)2)70(62-32-20-45-103-88(62)107-55-41-37-52(91)38-42-55)75(94)73(72)87(86)109-82-49(3)68(74-76(95)78(97)80(99)79(98)77(74)96)84(60-30-16-15-29-59(60)82)106-54-25-11-7-12-26-54/h6-7,9-23,25-47H,4-5,8,24H2,1-3H3. The zero-order chi connectivity index (χ0) is 77.5. The van der Waals surface area contributed by atoms with Crippen LogP contribution in [-0.2, 0) is 17.7 Å². The van der Waals surface area contributed by atoms with E-state index < -0.39 is 119 Å². The van der Waals surface area contributed by atoms with Gasteiger partial charge in [-0.1, -0.05) is 199 Å². The number of hydrogen-bond acceptors (Lipinski definition) is 8. The molecule has 0 aliphatic rings. The van der Waals surface area contributed by atoms with Crippen LogP contribution in [-0.4, -0.2) is 9.97 Å². The van der Waals surface area contributed by atoms with Crippen molar-refractivity contribution in [2.75, 3.05) is 0 Å². The molecule has 1 radical (unpaired) electrons. The highest BCUT2D eigenvalue weighted by Crippen LogP contribution is 2.65. The molecule has 13 aromatic carbocycles. The maximum atomic E-state index is 18.1. The van der Waals surface area contributed by atoms with E-state index in [2.05, 4.69) is 6.92 Å². The number of benzene rings is 13. The second kappa shape index (κ2) is 31.6. The number of pyridine rings is 2. The SMILES string of the molecule is CCCCCc1cc(-c2ccccc2)c(Oc2c(-c3cccnc3Sc3ccc(Cl)cc3)c([O])c3c(-c4ccccc4C(F)(F)F)c(Oc4cccc(Cl)c4C)c(-c4cccnc4Oc4ccc(Cl)cc4)c(Cl)c3c2Oc2c(C)c(-c3c(F)c(F)c(F)c(F)c3F)c(Oc3ccccc3)c3ccccc23)c2ccccc12. The minimum Gasteiger partial charge on any atom is -0.456 e. The molecule has 0 aliphatic heterocycles. The number of aryl methyl sites for hydroxylation is 1. The Bertz CT molecular complexity index is 6110. The van der Waals surface area contributed by atoms with Crippen molar-refractivity contribution in [3.63, 3.8) is 0 Å². The lowest BCUT2D eigenvalue weighted by Gasteiger charge is -2.28. The number of nitrogens with zero attached hydrogens (tertiary/aromatic N) is 2. The van der Waals surface area contributed by atoms with Gasteiger partial charge in [-0.15, -0.1) is 0 Å². The summed E-state index contributed by atoms with van der Waals surface area (Å²) in [4.78, 5) is 10.2. The van der Waals surface area contributed by atoms with Gasteiger partial charge in [0.2, 0.25) is 11.7 Å². The van der Waals surface area contributed by atoms with Gasteiger partial charge in [0.25, 0.3) is 0 Å². The van der Waals surface area contributed by atoms with Gasteiger partial charge < -0.3 is 23.7 Å². The number of rotatable bonds is 21. The van der Waals surface area contributed by atoms with Gasteiger partial charge in [-0.05, 0) is 158 Å². The van der Waals surface area contributed by atoms with E-state index in [0.717, 1.165) is 54.1 Å². The third-order valence-electron chi connectivity index (χ3n) is 19.0. The van der Waals surface area contributed by atoms with Gasteiger partial charge in [-0.2, -0.15) is 13.2 Å². The Kier molecular flexibility index (Phi) is 21.4. The molecule has 8 nitrogen and oxygen atoms in total. The molecule has 0 atom stereocenters. The first-order valence-electron chi connectivity index (χ1n) is 34.9. The Balaban J connectivity index is 1.21. The molecule has 0 spiro atoms. The first kappa shape index (κ1) is 75.1. The van der Waals surface area contributed by atoms with E-state index in [1.54, 1.807) is 104 Å². The van der Waals surface area contributed by atoms with E-state index >= 15 is 40.2 Å². The van der Waals surface area contributed by atoms with Crippen LogP contribution in [0, 0.1) is 42.9 Å². The fourth-order valence-corrected chi connectivity index (χ4v) is 15.4. The van der Waals surface area contributed by atoms with E-state index in [1.807, 2.05) is 60.7 Å². The van der Waals surface area contributed by atoms with E-state index in [1.165, 1.54) is 80.0 Å². The lowest BCUT2D eigenvalue weighted by Crippen LogP contribution is -2.09. The number of alkyl halides is 3. The molecule has 0 saturated carbocycles. The maximum Gasteiger partial charge on any atom is 0.417 e. The van der Waals surface area contributed by atoms with Crippen molar-refractivity contribution < 1.29 is 63.9 Å². The first-order chi connectivity index (χ1) is 53.7. The van der Waals surface area contributed by atoms with E-state index in [9.17, 15) is 0 Å². The monoisotopic (exact) mass is 1590 g/mol. The molecule has 111 heavy (non-hydrogen) atoms. The molecule has 15 aromatic rings. The van der Waals surface area contributed by atoms with E-state index in [-0.39, 0.29) is 72.0 Å². The average Bonchev–Trinajstić information content (AvgIpc) is 0.702. The third-order valence-corrected chi connectivity index (χ3v) is 21.3. The summed E-state index contributed by atoms with van der Waals surface area (Å²) < 4.78 is 169. The Morgan fingerprint density at radius 1 is 0.423 bits per heavy atom. The van der Waals surface area contributed by atoms with Gasteiger partial charge in [-0.25, -0.2) is 31.9 Å². The highest BCUT2D eigenvalue weighted by Gasteiger charge is 2.42. The maximum absolute atomic E-state index is 18.1. The summed E-state index contributed by atoms with van der Waals surface area (Å²) in [5.74, 6) is -14.9. The van der Waals surface area contributed by atoms with E-state index in [0.29, 0.717) is 43.4 Å². The third kappa shape index (κ3) is 14.4. The van der Waals surface area contributed by atoms with Crippen molar-refractivity contribution in [2.45, 2.75) is 62.6 Å². The van der Waals surface area contributed by atoms with Crippen molar-refractivity contribution in [1.82, 2.24) is 9.97 Å². The van der Waals surface area contributed by atoms with Gasteiger partial charge in [-0.3, -0.25) is 5.11 Å². The van der Waals surface area contributed by atoms with Crippen LogP contribution in [0.2, 0.25) is 20.1 Å². The Morgan fingerprint density at radius 2 is 0.991 bits per heavy atom. The topological polar surface area (TPSA) is 91.8 Å². The molecule has 0 bridgehead atoms. The molecule has 0 saturated heterocycles. The zero-order valence-electron chi connectivity index (χ0n) is 58.7. The van der Waals surface area contributed by atoms with Crippen molar-refractivity contribution in [2.24, 2.45) is 0 Å². The summed E-state index contributed by atoms with van der Waals surface area (Å²) >= 11 is 29.5. The highest BCUT2D eigenvalue weighted by atomic mass is 35.5. The Morgan fingerprint density at radius 3 is 1.67 bits per heavy atom. The predicted octanol–water partition coefficient (Wildman–Crippen LogP) is 30.2. The average molecular weight is 1590 g/mol. The number of halogens is 12. The number of hydrogen-bond donors (Lipinski definition) is 0. The van der Waals surface area contributed by atoms with Crippen LogP contribution >= 0.6 is 58.2 Å². The van der Waals surface area contributed by atoms with Crippen LogP contribution in [0.3, 0.4) is 0 Å². The van der Waals surface area contributed by atoms with Gasteiger partial charge in [0, 0.05) is 98.4 Å². The number of fused-ring (bicyclic) bond motifs is 3. The van der Waals surface area contributed by atoms with Crippen molar-refractivity contribution in [3.8, 4) is 119 Å². The van der Waals surface area contributed by atoms with Gasteiger partial charge >= 0.3 is 6.18 Å². The minimum absolute atomic E-state index is 0.00412. The van der Waals surface area contributed by atoms with Crippen LogP contribution < -0.4 is 23.7 Å². The Labute approximate surface area is 655 Å². The quantitative estimate of drug-likeness (QED) is 0.0304. The summed E-state index contributed by atoms with van der Waals surface area (Å²) in [5.41, 5.74) is -3.43. The largest absolute Gasteiger partial charge is 0.456 e. The summed E-state index contributed by atoms with van der Waals surface area (Å²) in [6.07, 6.45) is 0.839. The first-order valence-corrected chi connectivity index (χ1v) is 37.2. The molecular weight excluding hydrogens is 1530 g/mol. The zero-order valence-corrected chi connectivity index (χ0v) is 62.6. The molecule has 0 fully saturated rings. The lowest BCUT2D eigenvalue weighted by atomic mass is 9.86. The minimum atomic E-state index is -5.22. The van der Waals surface area contributed by atoms with Gasteiger partial charge in [0.1, 0.15) is 45.3 Å². The molecule has 21 heteroatoms. The van der Waals surface area contributed by atoms with Crippen LogP contribution in [0.1, 0.15) is 48.4 Å². The number of ether oxygens (including phenoxy) is 5. The molecule has 553 valence electrons. The molecule has 0 N–H and O–H groups in total. The smallest absolute Gasteiger partial charge is 0.417 e. The van der Waals surface area contributed by atoms with Gasteiger partial charge in [0.05, 0.1) is 27.1 Å². The predicted molar refractivity (Wildman–Crippen MR) is 423 cm³/mol. The molecule has 2 heterocycles. The van der Waals surface area contributed by atoms with Crippen LogP contribution in [0.4, 0.5) is 35.1 Å². The molecule has 0 unspecified atom stereocenters. The van der Waals surface area contributed by atoms with Gasteiger partial charge in [0.15, 0.2) is 40.5 Å². The number of unbranched alkanes of at least 4 members (excludes halogenated alkanes) is 2. The lowest BCUT2D eigenvalue weighted by molar-refractivity contribution is -0.137. The molecule has 15 rings (SSSR count). The van der Waals surface area contributed by atoms with Crippen molar-refractivity contribution in [1.29, 1.82) is 0 Å². The normalized spacial score (nSPS) is 11.6. The fourth-order valence-electron chi connectivity index (χ4n) is 13.8.